The highest BCUT2D eigenvalue weighted by atomic mass is 35.5. The van der Waals surface area contributed by atoms with Crippen molar-refractivity contribution in [2.24, 2.45) is 0 Å². The van der Waals surface area contributed by atoms with Crippen molar-refractivity contribution in [3.05, 3.63) is 35.0 Å². The van der Waals surface area contributed by atoms with Gasteiger partial charge in [-0.25, -0.2) is 0 Å². The van der Waals surface area contributed by atoms with E-state index in [0.29, 0.717) is 11.6 Å². The van der Waals surface area contributed by atoms with E-state index in [9.17, 15) is 9.90 Å². The largest absolute Gasteiger partial charge is 0.480 e. The van der Waals surface area contributed by atoms with Gasteiger partial charge in [0.05, 0.1) is 0 Å². The lowest BCUT2D eigenvalue weighted by Crippen LogP contribution is -2.47. The molecule has 5 heteroatoms. The van der Waals surface area contributed by atoms with Gasteiger partial charge in [0.15, 0.2) is 0 Å². The smallest absolute Gasteiger partial charge is 0.323 e. The molecule has 0 atom stereocenters. The first kappa shape index (κ1) is 13.9. The van der Waals surface area contributed by atoms with Gasteiger partial charge in [-0.2, -0.15) is 0 Å². The topological polar surface area (TPSA) is 56.3 Å². The number of H-pyrrole nitrogens is 1. The first-order valence-corrected chi connectivity index (χ1v) is 6.40. The van der Waals surface area contributed by atoms with Gasteiger partial charge in [-0.1, -0.05) is 17.7 Å². The average molecular weight is 281 g/mol. The number of aromatic amines is 1. The first-order valence-electron chi connectivity index (χ1n) is 6.02. The Morgan fingerprint density at radius 2 is 2.16 bits per heavy atom. The second-order valence-corrected chi connectivity index (χ2v) is 5.66. The van der Waals surface area contributed by atoms with Gasteiger partial charge in [-0.3, -0.25) is 9.69 Å². The lowest BCUT2D eigenvalue weighted by atomic mass is 10.0. The molecule has 0 fully saturated rings. The van der Waals surface area contributed by atoms with E-state index in [1.165, 1.54) is 0 Å². The van der Waals surface area contributed by atoms with Crippen molar-refractivity contribution in [1.82, 2.24) is 9.88 Å². The van der Waals surface area contributed by atoms with Crippen LogP contribution in [0.25, 0.3) is 10.9 Å². The molecule has 0 aliphatic carbocycles. The monoisotopic (exact) mass is 280 g/mol. The predicted octanol–water partition coefficient (Wildman–Crippen LogP) is 3.12. The Labute approximate surface area is 117 Å². The van der Waals surface area contributed by atoms with Gasteiger partial charge in [0.25, 0.3) is 0 Å². The lowest BCUT2D eigenvalue weighted by molar-refractivity contribution is -0.148. The molecule has 1 heterocycles. The number of aliphatic carboxylic acids is 1. The van der Waals surface area contributed by atoms with Gasteiger partial charge in [0.1, 0.15) is 5.54 Å². The van der Waals surface area contributed by atoms with Crippen LogP contribution in [0.2, 0.25) is 5.02 Å². The van der Waals surface area contributed by atoms with E-state index in [-0.39, 0.29) is 0 Å². The first-order chi connectivity index (χ1) is 8.82. The number of fused-ring (bicyclic) bond motifs is 1. The number of carbonyl (C=O) groups is 1. The fourth-order valence-electron chi connectivity index (χ4n) is 1.91. The number of carboxylic acids is 1. The van der Waals surface area contributed by atoms with E-state index < -0.39 is 11.5 Å². The highest BCUT2D eigenvalue weighted by Crippen LogP contribution is 2.24. The number of likely N-dealkylation sites (N-methyl/N-ethyl adjacent to an activating group) is 1. The number of rotatable bonds is 4. The molecule has 0 unspecified atom stereocenters. The maximum Gasteiger partial charge on any atom is 0.323 e. The fourth-order valence-corrected chi connectivity index (χ4v) is 2.08. The van der Waals surface area contributed by atoms with Crippen LogP contribution in [0.3, 0.4) is 0 Å². The normalized spacial score (nSPS) is 12.3. The summed E-state index contributed by atoms with van der Waals surface area (Å²) in [5.74, 6) is -0.835. The zero-order valence-corrected chi connectivity index (χ0v) is 12.0. The van der Waals surface area contributed by atoms with Crippen molar-refractivity contribution in [3.8, 4) is 0 Å². The number of carboxylic acid groups (broad SMARTS) is 1. The van der Waals surface area contributed by atoms with Crippen LogP contribution < -0.4 is 0 Å². The predicted molar refractivity (Wildman–Crippen MR) is 76.5 cm³/mol. The van der Waals surface area contributed by atoms with E-state index in [1.807, 2.05) is 36.3 Å². The third-order valence-electron chi connectivity index (χ3n) is 3.61. The molecule has 0 aliphatic heterocycles. The Hall–Kier alpha value is -1.52. The Balaban J connectivity index is 2.29. The van der Waals surface area contributed by atoms with Crippen molar-refractivity contribution in [2.75, 3.05) is 7.05 Å². The third-order valence-corrected chi connectivity index (χ3v) is 3.85. The minimum atomic E-state index is -0.907. The SMILES string of the molecule is CN(Cc1c[nH]c2cc(Cl)ccc12)C(C)(C)C(=O)O. The molecular weight excluding hydrogens is 264 g/mol. The number of nitrogens with one attached hydrogen (secondary N) is 1. The Morgan fingerprint density at radius 1 is 1.47 bits per heavy atom. The van der Waals surface area contributed by atoms with E-state index >= 15 is 0 Å². The molecule has 0 saturated heterocycles. The number of hydrogen-bond donors (Lipinski definition) is 2. The van der Waals surface area contributed by atoms with Crippen LogP contribution in [0.5, 0.6) is 0 Å². The van der Waals surface area contributed by atoms with E-state index in [0.717, 1.165) is 16.5 Å². The summed E-state index contributed by atoms with van der Waals surface area (Å²) in [5, 5.41) is 11.0. The number of nitrogens with zero attached hydrogens (tertiary/aromatic N) is 1. The summed E-state index contributed by atoms with van der Waals surface area (Å²) in [6.07, 6.45) is 1.90. The molecule has 19 heavy (non-hydrogen) atoms. The van der Waals surface area contributed by atoms with Crippen molar-refractivity contribution >= 4 is 28.5 Å². The van der Waals surface area contributed by atoms with Gasteiger partial charge >= 0.3 is 5.97 Å². The molecular formula is C14H17ClN2O2. The Morgan fingerprint density at radius 3 is 2.79 bits per heavy atom. The Bertz CT molecular complexity index is 619. The van der Waals surface area contributed by atoms with Crippen LogP contribution in [0.1, 0.15) is 19.4 Å². The van der Waals surface area contributed by atoms with Crippen molar-refractivity contribution in [1.29, 1.82) is 0 Å². The summed E-state index contributed by atoms with van der Waals surface area (Å²) in [5.41, 5.74) is 1.11. The molecule has 0 amide bonds. The number of hydrogen-bond acceptors (Lipinski definition) is 2. The second-order valence-electron chi connectivity index (χ2n) is 5.22. The molecule has 2 N–H and O–H groups in total. The quantitative estimate of drug-likeness (QED) is 0.905. The minimum Gasteiger partial charge on any atom is -0.480 e. The van der Waals surface area contributed by atoms with Crippen LogP contribution in [0.4, 0.5) is 0 Å². The summed E-state index contributed by atoms with van der Waals surface area (Å²) in [7, 11) is 1.81. The molecule has 1 aromatic carbocycles. The average Bonchev–Trinajstić information content (AvgIpc) is 2.71. The maximum atomic E-state index is 11.2. The van der Waals surface area contributed by atoms with Crippen LogP contribution in [-0.4, -0.2) is 33.5 Å². The molecule has 0 spiro atoms. The highest BCUT2D eigenvalue weighted by Gasteiger charge is 2.32. The van der Waals surface area contributed by atoms with E-state index in [4.69, 9.17) is 11.6 Å². The molecule has 2 rings (SSSR count). The lowest BCUT2D eigenvalue weighted by Gasteiger charge is -2.31. The maximum absolute atomic E-state index is 11.2. The number of halogens is 1. The van der Waals surface area contributed by atoms with Gasteiger partial charge < -0.3 is 10.1 Å². The van der Waals surface area contributed by atoms with Crippen LogP contribution >= 0.6 is 11.6 Å². The zero-order chi connectivity index (χ0) is 14.2. The van der Waals surface area contributed by atoms with Crippen molar-refractivity contribution in [3.63, 3.8) is 0 Å². The second kappa shape index (κ2) is 4.87. The molecule has 0 bridgehead atoms. The number of benzene rings is 1. The van der Waals surface area contributed by atoms with E-state index in [2.05, 4.69) is 4.98 Å². The van der Waals surface area contributed by atoms with E-state index in [1.54, 1.807) is 13.8 Å². The summed E-state index contributed by atoms with van der Waals surface area (Å²) < 4.78 is 0. The molecule has 0 saturated carbocycles. The van der Waals surface area contributed by atoms with Crippen LogP contribution in [0, 0.1) is 0 Å². The summed E-state index contributed by atoms with van der Waals surface area (Å²) >= 11 is 5.94. The van der Waals surface area contributed by atoms with Gasteiger partial charge in [-0.05, 0) is 38.6 Å². The molecule has 0 aliphatic rings. The summed E-state index contributed by atoms with van der Waals surface area (Å²) in [4.78, 5) is 16.2. The fraction of sp³-hybridized carbons (Fsp3) is 0.357. The zero-order valence-electron chi connectivity index (χ0n) is 11.2. The van der Waals surface area contributed by atoms with Gasteiger partial charge in [0, 0.05) is 28.7 Å². The van der Waals surface area contributed by atoms with Gasteiger partial charge in [0.2, 0.25) is 0 Å². The minimum absolute atomic E-state index is 0.556. The highest BCUT2D eigenvalue weighted by molar-refractivity contribution is 6.31. The van der Waals surface area contributed by atoms with Crippen molar-refractivity contribution in [2.45, 2.75) is 25.9 Å². The molecule has 4 nitrogen and oxygen atoms in total. The molecule has 102 valence electrons. The van der Waals surface area contributed by atoms with Crippen LogP contribution in [-0.2, 0) is 11.3 Å². The summed E-state index contributed by atoms with van der Waals surface area (Å²) in [6.45, 7) is 3.95. The standard InChI is InChI=1S/C14H17ClN2O2/c1-14(2,13(18)19)17(3)8-9-7-16-12-6-10(15)4-5-11(9)12/h4-7,16H,8H2,1-3H3,(H,18,19). The van der Waals surface area contributed by atoms with Gasteiger partial charge in [-0.15, -0.1) is 0 Å². The van der Waals surface area contributed by atoms with Crippen molar-refractivity contribution < 1.29 is 9.90 Å². The Kier molecular flexibility index (Phi) is 3.56. The third kappa shape index (κ3) is 2.60. The van der Waals surface area contributed by atoms with Crippen LogP contribution in [0.15, 0.2) is 24.4 Å². The molecule has 1 aromatic heterocycles. The number of aromatic nitrogens is 1. The summed E-state index contributed by atoms with van der Waals surface area (Å²) in [6, 6.07) is 5.65. The molecule has 0 radical (unpaired) electrons. The molecule has 2 aromatic rings.